The van der Waals surface area contributed by atoms with Gasteiger partial charge in [-0.2, -0.15) is 0 Å². The monoisotopic (exact) mass is 415 g/mol. The van der Waals surface area contributed by atoms with Crippen molar-refractivity contribution in [3.63, 3.8) is 0 Å². The van der Waals surface area contributed by atoms with Crippen molar-refractivity contribution in [1.29, 1.82) is 0 Å². The van der Waals surface area contributed by atoms with Gasteiger partial charge in [-0.3, -0.25) is 0 Å². The number of nitrogens with zero attached hydrogens (tertiary/aromatic N) is 2. The normalized spacial score (nSPS) is 18.9. The van der Waals surface area contributed by atoms with Crippen LogP contribution < -0.4 is 10.5 Å². The second kappa shape index (κ2) is 8.04. The van der Waals surface area contributed by atoms with E-state index >= 15 is 0 Å². The van der Waals surface area contributed by atoms with Crippen LogP contribution in [-0.4, -0.2) is 30.1 Å². The molecule has 4 nitrogen and oxygen atoms in total. The molecule has 5 heteroatoms. The van der Waals surface area contributed by atoms with Crippen molar-refractivity contribution in [3.05, 3.63) is 29.8 Å². The van der Waals surface area contributed by atoms with Gasteiger partial charge in [0.15, 0.2) is 5.96 Å². The molecule has 2 fully saturated rings. The van der Waals surface area contributed by atoms with Crippen LogP contribution in [0.4, 0.5) is 0 Å². The van der Waals surface area contributed by atoms with E-state index in [1.165, 1.54) is 38.5 Å². The van der Waals surface area contributed by atoms with Gasteiger partial charge in [0.1, 0.15) is 5.75 Å². The Labute approximate surface area is 150 Å². The second-order valence-electron chi connectivity index (χ2n) is 6.15. The molecular weight excluding hydrogens is 389 g/mol. The Morgan fingerprint density at radius 1 is 1.23 bits per heavy atom. The number of nitrogens with two attached hydrogens (primary N) is 1. The number of halogens is 1. The fourth-order valence-electron chi connectivity index (χ4n) is 2.86. The largest absolute Gasteiger partial charge is 0.490 e. The molecule has 0 saturated heterocycles. The van der Waals surface area contributed by atoms with Crippen LogP contribution >= 0.6 is 24.0 Å². The van der Waals surface area contributed by atoms with E-state index in [4.69, 9.17) is 10.5 Å². The number of aliphatic imine (C=N–C) groups is 1. The molecule has 0 bridgehead atoms. The summed E-state index contributed by atoms with van der Waals surface area (Å²) in [6, 6.07) is 8.78. The lowest BCUT2D eigenvalue weighted by atomic mass is 10.2. The van der Waals surface area contributed by atoms with E-state index < -0.39 is 0 Å². The molecule has 2 aliphatic carbocycles. The van der Waals surface area contributed by atoms with Gasteiger partial charge in [0, 0.05) is 18.7 Å². The Kier molecular flexibility index (Phi) is 6.35. The molecular formula is C17H26IN3O. The summed E-state index contributed by atoms with van der Waals surface area (Å²) in [5.41, 5.74) is 7.18. The predicted molar refractivity (Wildman–Crippen MR) is 101 cm³/mol. The van der Waals surface area contributed by atoms with Crippen LogP contribution in [-0.2, 0) is 6.54 Å². The van der Waals surface area contributed by atoms with Gasteiger partial charge >= 0.3 is 0 Å². The van der Waals surface area contributed by atoms with Crippen LogP contribution in [0.1, 0.15) is 44.1 Å². The highest BCUT2D eigenvalue weighted by Crippen LogP contribution is 2.27. The predicted octanol–water partition coefficient (Wildman–Crippen LogP) is 3.53. The van der Waals surface area contributed by atoms with Crippen LogP contribution in [0.25, 0.3) is 0 Å². The smallest absolute Gasteiger partial charge is 0.191 e. The lowest BCUT2D eigenvalue weighted by molar-refractivity contribution is 0.208. The topological polar surface area (TPSA) is 50.8 Å². The van der Waals surface area contributed by atoms with E-state index in [0.717, 1.165) is 11.3 Å². The molecule has 0 amide bonds. The molecule has 0 heterocycles. The Hall–Kier alpha value is -0.980. The maximum Gasteiger partial charge on any atom is 0.191 e. The summed E-state index contributed by atoms with van der Waals surface area (Å²) in [5, 5.41) is 0. The zero-order valence-electron chi connectivity index (χ0n) is 13.2. The number of guanidine groups is 1. The van der Waals surface area contributed by atoms with Crippen molar-refractivity contribution in [1.82, 2.24) is 4.90 Å². The first-order valence-electron chi connectivity index (χ1n) is 8.01. The van der Waals surface area contributed by atoms with Gasteiger partial charge in [0.2, 0.25) is 0 Å². The van der Waals surface area contributed by atoms with Gasteiger partial charge in [-0.15, -0.1) is 24.0 Å². The molecule has 2 aliphatic rings. The minimum absolute atomic E-state index is 0. The summed E-state index contributed by atoms with van der Waals surface area (Å²) in [4.78, 5) is 6.61. The van der Waals surface area contributed by atoms with Crippen molar-refractivity contribution < 1.29 is 4.74 Å². The number of hydrogen-bond acceptors (Lipinski definition) is 2. The van der Waals surface area contributed by atoms with Crippen LogP contribution in [0, 0.1) is 0 Å². The highest BCUT2D eigenvalue weighted by Gasteiger charge is 2.27. The first kappa shape index (κ1) is 17.4. The molecule has 0 aromatic heterocycles. The fourth-order valence-corrected chi connectivity index (χ4v) is 2.86. The molecule has 122 valence electrons. The van der Waals surface area contributed by atoms with Crippen LogP contribution in [0.5, 0.6) is 5.75 Å². The molecule has 0 radical (unpaired) electrons. The summed E-state index contributed by atoms with van der Waals surface area (Å²) in [7, 11) is 2.03. The highest BCUT2D eigenvalue weighted by molar-refractivity contribution is 14.0. The first-order chi connectivity index (χ1) is 10.2. The molecule has 2 saturated carbocycles. The molecule has 2 N–H and O–H groups in total. The molecule has 0 spiro atoms. The third kappa shape index (κ3) is 4.51. The van der Waals surface area contributed by atoms with Gasteiger partial charge in [-0.1, -0.05) is 18.2 Å². The number of rotatable bonds is 5. The zero-order chi connectivity index (χ0) is 14.7. The van der Waals surface area contributed by atoms with E-state index in [9.17, 15) is 0 Å². The molecule has 0 aliphatic heterocycles. The van der Waals surface area contributed by atoms with E-state index in [-0.39, 0.29) is 24.0 Å². The summed E-state index contributed by atoms with van der Waals surface area (Å²) >= 11 is 0. The van der Waals surface area contributed by atoms with Crippen molar-refractivity contribution >= 4 is 29.9 Å². The molecule has 1 aromatic rings. The third-order valence-corrected chi connectivity index (χ3v) is 4.44. The maximum atomic E-state index is 6.14. The van der Waals surface area contributed by atoms with E-state index in [0.29, 0.717) is 24.7 Å². The van der Waals surface area contributed by atoms with Gasteiger partial charge in [0.25, 0.3) is 0 Å². The van der Waals surface area contributed by atoms with Crippen LogP contribution in [0.2, 0.25) is 0 Å². The van der Waals surface area contributed by atoms with Gasteiger partial charge in [-0.05, 0) is 44.6 Å². The lowest BCUT2D eigenvalue weighted by Gasteiger charge is -2.18. The Morgan fingerprint density at radius 3 is 2.59 bits per heavy atom. The van der Waals surface area contributed by atoms with Crippen LogP contribution in [0.15, 0.2) is 29.3 Å². The highest BCUT2D eigenvalue weighted by atomic mass is 127. The quantitative estimate of drug-likeness (QED) is 0.455. The average Bonchev–Trinajstić information content (AvgIpc) is 3.23. The lowest BCUT2D eigenvalue weighted by Crippen LogP contribution is -2.35. The summed E-state index contributed by atoms with van der Waals surface area (Å²) in [5.74, 6) is 1.60. The number of hydrogen-bond donors (Lipinski definition) is 1. The van der Waals surface area contributed by atoms with Crippen molar-refractivity contribution in [2.45, 2.75) is 57.2 Å². The number of benzene rings is 1. The Bertz CT molecular complexity index is 510. The zero-order valence-corrected chi connectivity index (χ0v) is 15.5. The van der Waals surface area contributed by atoms with Gasteiger partial charge in [0.05, 0.1) is 12.6 Å². The SMILES string of the molecule is CN(C(N)=NCc1ccccc1OC1CCCC1)C1CC1.I. The first-order valence-corrected chi connectivity index (χ1v) is 8.01. The van der Waals surface area contributed by atoms with E-state index in [1.54, 1.807) is 0 Å². The standard InChI is InChI=1S/C17H25N3O.HI/c1-20(14-10-11-14)17(18)19-12-13-6-2-5-9-16(13)21-15-7-3-4-8-15;/h2,5-6,9,14-15H,3-4,7-8,10-12H2,1H3,(H2,18,19);1H. The van der Waals surface area contributed by atoms with Crippen molar-refractivity contribution in [3.8, 4) is 5.75 Å². The minimum atomic E-state index is 0. The Balaban J connectivity index is 0.00000176. The summed E-state index contributed by atoms with van der Waals surface area (Å²) in [6.07, 6.45) is 7.74. The van der Waals surface area contributed by atoms with Crippen molar-refractivity contribution in [2.75, 3.05) is 7.05 Å². The second-order valence-corrected chi connectivity index (χ2v) is 6.15. The third-order valence-electron chi connectivity index (χ3n) is 4.44. The summed E-state index contributed by atoms with van der Waals surface area (Å²) < 4.78 is 6.14. The van der Waals surface area contributed by atoms with Gasteiger partial charge in [-0.25, -0.2) is 4.99 Å². The molecule has 0 unspecified atom stereocenters. The van der Waals surface area contributed by atoms with Gasteiger partial charge < -0.3 is 15.4 Å². The van der Waals surface area contributed by atoms with Crippen LogP contribution in [0.3, 0.4) is 0 Å². The number of ether oxygens (including phenoxy) is 1. The molecule has 0 atom stereocenters. The Morgan fingerprint density at radius 2 is 1.91 bits per heavy atom. The molecule has 22 heavy (non-hydrogen) atoms. The number of para-hydroxylation sites is 1. The average molecular weight is 415 g/mol. The minimum Gasteiger partial charge on any atom is -0.490 e. The maximum absolute atomic E-state index is 6.14. The fraction of sp³-hybridized carbons (Fsp3) is 0.588. The molecule has 1 aromatic carbocycles. The van der Waals surface area contributed by atoms with E-state index in [2.05, 4.69) is 16.0 Å². The molecule has 3 rings (SSSR count). The van der Waals surface area contributed by atoms with Crippen molar-refractivity contribution in [2.24, 2.45) is 10.7 Å². The summed E-state index contributed by atoms with van der Waals surface area (Å²) in [6.45, 7) is 0.589. The van der Waals surface area contributed by atoms with E-state index in [1.807, 2.05) is 25.2 Å².